The molecule has 0 N–H and O–H groups in total. The van der Waals surface area contributed by atoms with Gasteiger partial charge in [-0.05, 0) is 30.9 Å². The van der Waals surface area contributed by atoms with Crippen LogP contribution >= 0.6 is 10.0 Å². The van der Waals surface area contributed by atoms with Crippen molar-refractivity contribution >= 4 is 20.9 Å². The molecule has 0 aliphatic rings. The first-order chi connectivity index (χ1) is 6.57. The molecule has 0 atom stereocenters. The van der Waals surface area contributed by atoms with Gasteiger partial charge in [0.05, 0.1) is 10.5 Å². The highest BCUT2D eigenvalue weighted by atomic mass is 32.3. The van der Waals surface area contributed by atoms with Crippen LogP contribution in [-0.4, -0.2) is 23.8 Å². The van der Waals surface area contributed by atoms with Gasteiger partial charge in [-0.1, -0.05) is 24.3 Å². The van der Waals surface area contributed by atoms with E-state index in [0.717, 1.165) is 5.52 Å². The summed E-state index contributed by atoms with van der Waals surface area (Å²) in [5.74, 6) is 0. The molecular weight excluding hydrogens is 190 g/mol. The molecular formula is C12H15NS. The molecule has 2 heteroatoms. The fourth-order valence-electron chi connectivity index (χ4n) is 1.39. The Morgan fingerprint density at radius 3 is 2.36 bits per heavy atom. The second kappa shape index (κ2) is 3.28. The summed E-state index contributed by atoms with van der Waals surface area (Å²) >= 11 is 0. The van der Waals surface area contributed by atoms with Crippen molar-refractivity contribution in [2.24, 2.45) is 0 Å². The van der Waals surface area contributed by atoms with Crippen molar-refractivity contribution in [1.82, 2.24) is 4.98 Å². The van der Waals surface area contributed by atoms with Crippen LogP contribution in [0.2, 0.25) is 0 Å². The lowest BCUT2D eigenvalue weighted by atomic mass is 10.2. The quantitative estimate of drug-likeness (QED) is 0.696. The average Bonchev–Trinajstić information content (AvgIpc) is 2.16. The zero-order valence-corrected chi connectivity index (χ0v) is 9.64. The molecule has 0 unspecified atom stereocenters. The number of nitrogens with zero attached hydrogens (tertiary/aromatic N) is 1. The molecule has 0 aliphatic carbocycles. The zero-order valence-electron chi connectivity index (χ0n) is 8.82. The van der Waals surface area contributed by atoms with Gasteiger partial charge in [-0.3, -0.25) is 0 Å². The topological polar surface area (TPSA) is 12.9 Å². The SMILES string of the molecule is CS(C)(C)c1ccc2ccccc2n1. The maximum Gasteiger partial charge on any atom is 0.0790 e. The molecule has 0 bridgehead atoms. The van der Waals surface area contributed by atoms with E-state index >= 15 is 0 Å². The van der Waals surface area contributed by atoms with Crippen LogP contribution < -0.4 is 0 Å². The van der Waals surface area contributed by atoms with Crippen molar-refractivity contribution < 1.29 is 0 Å². The molecule has 2 rings (SSSR count). The molecule has 0 aliphatic heterocycles. The first-order valence-electron chi connectivity index (χ1n) is 4.61. The maximum absolute atomic E-state index is 4.68. The Morgan fingerprint density at radius 2 is 1.64 bits per heavy atom. The summed E-state index contributed by atoms with van der Waals surface area (Å²) in [6.45, 7) is 0. The van der Waals surface area contributed by atoms with Crippen LogP contribution in [0.3, 0.4) is 0 Å². The Bertz CT molecular complexity index is 457. The normalized spacial score (nSPS) is 13.1. The highest BCUT2D eigenvalue weighted by Crippen LogP contribution is 2.43. The van der Waals surface area contributed by atoms with Crippen LogP contribution in [0.4, 0.5) is 0 Å². The van der Waals surface area contributed by atoms with Gasteiger partial charge in [-0.2, -0.15) is 0 Å². The third-order valence-corrected chi connectivity index (χ3v) is 3.68. The lowest BCUT2D eigenvalue weighted by molar-refractivity contribution is 1.18. The standard InChI is InChI=1S/C12H15NS/c1-14(2,3)12-9-8-10-6-4-5-7-11(10)13-12/h4-9H,1-3H3. The Balaban J connectivity index is 2.63. The van der Waals surface area contributed by atoms with Crippen molar-refractivity contribution in [3.8, 4) is 0 Å². The van der Waals surface area contributed by atoms with Crippen LogP contribution in [0, 0.1) is 0 Å². The minimum atomic E-state index is -0.705. The van der Waals surface area contributed by atoms with Crippen molar-refractivity contribution in [2.75, 3.05) is 18.8 Å². The minimum absolute atomic E-state index is 0.705. The number of hydrogen-bond acceptors (Lipinski definition) is 1. The number of pyridine rings is 1. The fraction of sp³-hybridized carbons (Fsp3) is 0.250. The summed E-state index contributed by atoms with van der Waals surface area (Å²) in [5.41, 5.74) is 1.10. The molecule has 0 fully saturated rings. The van der Waals surface area contributed by atoms with Crippen molar-refractivity contribution in [1.29, 1.82) is 0 Å². The lowest BCUT2D eigenvalue weighted by Crippen LogP contribution is -1.96. The van der Waals surface area contributed by atoms with E-state index in [2.05, 4.69) is 48.0 Å². The van der Waals surface area contributed by atoms with Crippen molar-refractivity contribution in [3.63, 3.8) is 0 Å². The van der Waals surface area contributed by atoms with Gasteiger partial charge in [0.15, 0.2) is 0 Å². The lowest BCUT2D eigenvalue weighted by Gasteiger charge is -2.24. The maximum atomic E-state index is 4.68. The smallest absolute Gasteiger partial charge is 0.0790 e. The number of aromatic nitrogens is 1. The van der Waals surface area contributed by atoms with Gasteiger partial charge < -0.3 is 0 Å². The summed E-state index contributed by atoms with van der Waals surface area (Å²) in [6.07, 6.45) is 6.80. The summed E-state index contributed by atoms with van der Waals surface area (Å²) in [5, 5.41) is 2.45. The summed E-state index contributed by atoms with van der Waals surface area (Å²) in [4.78, 5) is 4.68. The third kappa shape index (κ3) is 1.75. The molecule has 1 nitrogen and oxygen atoms in total. The molecule has 1 aromatic heterocycles. The zero-order chi connectivity index (χ0) is 10.2. The van der Waals surface area contributed by atoms with E-state index in [1.54, 1.807) is 0 Å². The van der Waals surface area contributed by atoms with Crippen LogP contribution in [0.15, 0.2) is 41.4 Å². The molecule has 0 saturated carbocycles. The second-order valence-electron chi connectivity index (χ2n) is 4.18. The van der Waals surface area contributed by atoms with Gasteiger partial charge in [0, 0.05) is 5.39 Å². The van der Waals surface area contributed by atoms with E-state index in [1.807, 2.05) is 12.1 Å². The number of hydrogen-bond donors (Lipinski definition) is 0. The van der Waals surface area contributed by atoms with E-state index in [1.165, 1.54) is 10.4 Å². The largest absolute Gasteiger partial charge is 0.243 e. The van der Waals surface area contributed by atoms with Crippen molar-refractivity contribution in [3.05, 3.63) is 36.4 Å². The molecule has 74 valence electrons. The van der Waals surface area contributed by atoms with Crippen LogP contribution in [0.25, 0.3) is 10.9 Å². The average molecular weight is 205 g/mol. The van der Waals surface area contributed by atoms with Gasteiger partial charge >= 0.3 is 0 Å². The first-order valence-corrected chi connectivity index (χ1v) is 7.47. The Labute approximate surface area is 86.5 Å². The van der Waals surface area contributed by atoms with Gasteiger partial charge in [-0.15, -0.1) is 0 Å². The predicted octanol–water partition coefficient (Wildman–Crippen LogP) is 3.29. The highest BCUT2D eigenvalue weighted by molar-refractivity contribution is 8.32. The van der Waals surface area contributed by atoms with E-state index in [0.29, 0.717) is 0 Å². The molecule has 2 aromatic rings. The number of rotatable bonds is 1. The van der Waals surface area contributed by atoms with Gasteiger partial charge in [-0.25, -0.2) is 15.0 Å². The van der Waals surface area contributed by atoms with Crippen LogP contribution in [0.5, 0.6) is 0 Å². The Hall–Kier alpha value is -1.02. The molecule has 0 spiro atoms. The first kappa shape index (κ1) is 9.53. The van der Waals surface area contributed by atoms with E-state index < -0.39 is 10.0 Å². The summed E-state index contributed by atoms with van der Waals surface area (Å²) in [7, 11) is -0.705. The van der Waals surface area contributed by atoms with Gasteiger partial charge in [0.2, 0.25) is 0 Å². The third-order valence-electron chi connectivity index (χ3n) is 2.20. The monoisotopic (exact) mass is 205 g/mol. The molecule has 0 amide bonds. The molecule has 1 aromatic carbocycles. The van der Waals surface area contributed by atoms with E-state index in [-0.39, 0.29) is 0 Å². The molecule has 0 saturated heterocycles. The minimum Gasteiger partial charge on any atom is -0.243 e. The second-order valence-corrected chi connectivity index (χ2v) is 8.27. The molecule has 0 radical (unpaired) electrons. The molecule has 1 heterocycles. The van der Waals surface area contributed by atoms with Gasteiger partial charge in [0.25, 0.3) is 0 Å². The Kier molecular flexibility index (Phi) is 2.23. The van der Waals surface area contributed by atoms with E-state index in [9.17, 15) is 0 Å². The number of para-hydroxylation sites is 1. The van der Waals surface area contributed by atoms with Crippen molar-refractivity contribution in [2.45, 2.75) is 5.03 Å². The highest BCUT2D eigenvalue weighted by Gasteiger charge is 2.09. The number of benzene rings is 1. The summed E-state index contributed by atoms with van der Waals surface area (Å²) < 4.78 is 0. The predicted molar refractivity (Wildman–Crippen MR) is 65.4 cm³/mol. The number of fused-ring (bicyclic) bond motifs is 1. The van der Waals surface area contributed by atoms with Crippen LogP contribution in [-0.2, 0) is 0 Å². The fourth-order valence-corrected chi connectivity index (χ4v) is 2.24. The van der Waals surface area contributed by atoms with Crippen LogP contribution in [0.1, 0.15) is 0 Å². The Morgan fingerprint density at radius 1 is 0.929 bits per heavy atom. The van der Waals surface area contributed by atoms with E-state index in [4.69, 9.17) is 0 Å². The van der Waals surface area contributed by atoms with Gasteiger partial charge in [0.1, 0.15) is 0 Å². The molecule has 14 heavy (non-hydrogen) atoms. The summed E-state index contributed by atoms with van der Waals surface area (Å²) in [6, 6.07) is 12.6.